The molecule has 12 heteroatoms. The number of aromatic nitrogens is 2. The van der Waals surface area contributed by atoms with E-state index in [1.165, 1.54) is 0 Å². The lowest BCUT2D eigenvalue weighted by Crippen LogP contribution is -2.59. The zero-order valence-electron chi connectivity index (χ0n) is 26.8. The molecule has 250 valence electrons. The predicted octanol–water partition coefficient (Wildman–Crippen LogP) is 3.76. The Morgan fingerprint density at radius 3 is 2.62 bits per heavy atom. The molecular formula is C35H45BrN8O3. The Balaban J connectivity index is 1.05. The second kappa shape index (κ2) is 14.3. The van der Waals surface area contributed by atoms with Crippen molar-refractivity contribution in [1.82, 2.24) is 35.5 Å². The second-order valence-corrected chi connectivity index (χ2v) is 14.4. The first-order chi connectivity index (χ1) is 22.9. The number of piperazine rings is 1. The molecular weight excluding hydrogens is 660 g/mol. The van der Waals surface area contributed by atoms with Crippen molar-refractivity contribution in [2.24, 2.45) is 11.8 Å². The van der Waals surface area contributed by atoms with E-state index in [2.05, 4.69) is 59.1 Å². The third-order valence-corrected chi connectivity index (χ3v) is 11.3. The van der Waals surface area contributed by atoms with Crippen molar-refractivity contribution >= 4 is 50.4 Å². The number of urea groups is 1. The van der Waals surface area contributed by atoms with Crippen LogP contribution >= 0.6 is 15.9 Å². The number of fused-ring (bicyclic) bond motifs is 2. The Bertz CT molecular complexity index is 1600. The molecule has 4 N–H and O–H groups in total. The number of H-pyrrole nitrogens is 1. The van der Waals surface area contributed by atoms with Crippen LogP contribution in [-0.2, 0) is 22.4 Å². The quantitative estimate of drug-likeness (QED) is 0.297. The zero-order chi connectivity index (χ0) is 32.3. The van der Waals surface area contributed by atoms with Gasteiger partial charge in [0.15, 0.2) is 0 Å². The van der Waals surface area contributed by atoms with Gasteiger partial charge in [0.25, 0.3) is 0 Å². The van der Waals surface area contributed by atoms with Gasteiger partial charge in [0.2, 0.25) is 11.8 Å². The molecule has 3 aromatic rings. The number of carbonyl (C=O) groups is 3. The molecule has 4 aliphatic rings. The fraction of sp³-hybridized carbons (Fsp3) is 0.543. The first-order valence-corrected chi connectivity index (χ1v) is 18.0. The second-order valence-electron chi connectivity index (χ2n) is 13.6. The van der Waals surface area contributed by atoms with Crippen molar-refractivity contribution < 1.29 is 14.4 Å². The summed E-state index contributed by atoms with van der Waals surface area (Å²) in [4.78, 5) is 47.6. The maximum Gasteiger partial charge on any atom is 0.322 e. The maximum atomic E-state index is 14.5. The van der Waals surface area contributed by atoms with Gasteiger partial charge in [-0.25, -0.2) is 4.79 Å². The Kier molecular flexibility index (Phi) is 9.78. The highest BCUT2D eigenvalue weighted by molar-refractivity contribution is 9.10. The summed E-state index contributed by atoms with van der Waals surface area (Å²) in [5.74, 6) is 0.0893. The van der Waals surface area contributed by atoms with E-state index >= 15 is 0 Å². The molecule has 4 aliphatic heterocycles. The van der Waals surface area contributed by atoms with Gasteiger partial charge >= 0.3 is 6.03 Å². The van der Waals surface area contributed by atoms with Crippen LogP contribution in [0.25, 0.3) is 10.9 Å². The smallest absolute Gasteiger partial charge is 0.322 e. The standard InChI is InChI=1S/C35H45BrN8O3/c36-29-19-23(18-27-21-39-41-33(27)29)17-26(34(46)44-16-12-38-22-31(44)25-5-10-37-11-6-25)20-32(45)42-13-8-28(9-14-42)43-15-7-24-3-1-2-4-30(24)40-35(43)47/h1-4,18-19,21,25-26,28,31,37-38H,5-17,20,22H2,(H,39,41)(H,40,47). The summed E-state index contributed by atoms with van der Waals surface area (Å²) in [6.45, 7) is 6.01. The minimum atomic E-state index is -0.464. The first-order valence-electron chi connectivity index (χ1n) is 17.2. The molecule has 1 aromatic heterocycles. The number of aromatic amines is 1. The number of likely N-dealkylation sites (tertiary alicyclic amines) is 1. The highest BCUT2D eigenvalue weighted by atomic mass is 79.9. The fourth-order valence-electron chi connectivity index (χ4n) is 8.11. The number of amides is 4. The van der Waals surface area contributed by atoms with E-state index in [4.69, 9.17) is 0 Å². The zero-order valence-corrected chi connectivity index (χ0v) is 28.4. The van der Waals surface area contributed by atoms with Crippen molar-refractivity contribution in [2.45, 2.75) is 57.0 Å². The molecule has 3 saturated heterocycles. The van der Waals surface area contributed by atoms with E-state index in [-0.39, 0.29) is 36.3 Å². The Morgan fingerprint density at radius 1 is 0.979 bits per heavy atom. The van der Waals surface area contributed by atoms with Crippen LogP contribution in [-0.4, -0.2) is 107 Å². The monoisotopic (exact) mass is 704 g/mol. The van der Waals surface area contributed by atoms with Gasteiger partial charge in [0.1, 0.15) is 0 Å². The van der Waals surface area contributed by atoms with E-state index < -0.39 is 5.92 Å². The lowest BCUT2D eigenvalue weighted by atomic mass is 9.86. The number of anilines is 1. The third-order valence-electron chi connectivity index (χ3n) is 10.7. The Morgan fingerprint density at radius 2 is 1.79 bits per heavy atom. The number of halogens is 1. The van der Waals surface area contributed by atoms with Crippen molar-refractivity contribution in [3.63, 3.8) is 0 Å². The number of nitrogens with zero attached hydrogens (tertiary/aromatic N) is 4. The van der Waals surface area contributed by atoms with Crippen LogP contribution in [0.1, 0.15) is 43.2 Å². The first kappa shape index (κ1) is 32.1. The number of hydrogen-bond donors (Lipinski definition) is 4. The average molecular weight is 706 g/mol. The largest absolute Gasteiger partial charge is 0.343 e. The van der Waals surface area contributed by atoms with E-state index in [1.54, 1.807) is 6.20 Å². The summed E-state index contributed by atoms with van der Waals surface area (Å²) in [5.41, 5.74) is 3.97. The molecule has 4 amide bonds. The minimum Gasteiger partial charge on any atom is -0.343 e. The number of carbonyl (C=O) groups excluding carboxylic acids is 3. The summed E-state index contributed by atoms with van der Waals surface area (Å²) >= 11 is 3.67. The van der Waals surface area contributed by atoms with Gasteiger partial charge < -0.3 is 30.7 Å². The van der Waals surface area contributed by atoms with Gasteiger partial charge in [0.05, 0.1) is 17.6 Å². The fourth-order valence-corrected chi connectivity index (χ4v) is 8.72. The van der Waals surface area contributed by atoms with Crippen molar-refractivity contribution in [3.05, 3.63) is 58.2 Å². The van der Waals surface area contributed by atoms with Crippen molar-refractivity contribution in [2.75, 3.05) is 57.7 Å². The number of piperidine rings is 2. The summed E-state index contributed by atoms with van der Waals surface area (Å²) < 4.78 is 0.900. The molecule has 2 atom stereocenters. The molecule has 7 rings (SSSR count). The molecule has 11 nitrogen and oxygen atoms in total. The van der Waals surface area contributed by atoms with Gasteiger partial charge in [-0.05, 0) is 103 Å². The number of nitrogens with one attached hydrogen (secondary N) is 4. The van der Waals surface area contributed by atoms with Crippen LogP contribution in [0.2, 0.25) is 0 Å². The van der Waals surface area contributed by atoms with Gasteiger partial charge in [-0.2, -0.15) is 5.10 Å². The molecule has 2 unspecified atom stereocenters. The van der Waals surface area contributed by atoms with Crippen molar-refractivity contribution in [3.8, 4) is 0 Å². The topological polar surface area (TPSA) is 126 Å². The van der Waals surface area contributed by atoms with Gasteiger partial charge in [-0.1, -0.05) is 18.2 Å². The highest BCUT2D eigenvalue weighted by Gasteiger charge is 2.38. The van der Waals surface area contributed by atoms with E-state index in [0.29, 0.717) is 38.5 Å². The summed E-state index contributed by atoms with van der Waals surface area (Å²) in [6, 6.07) is 12.3. The lowest BCUT2D eigenvalue weighted by Gasteiger charge is -2.44. The van der Waals surface area contributed by atoms with Gasteiger partial charge in [-0.15, -0.1) is 0 Å². The predicted molar refractivity (Wildman–Crippen MR) is 185 cm³/mol. The maximum absolute atomic E-state index is 14.5. The van der Waals surface area contributed by atoms with Crippen LogP contribution in [0.3, 0.4) is 0 Å². The molecule has 0 saturated carbocycles. The molecule has 3 fully saturated rings. The molecule has 0 aliphatic carbocycles. The summed E-state index contributed by atoms with van der Waals surface area (Å²) in [6.07, 6.45) is 6.83. The number of hydrogen-bond acceptors (Lipinski definition) is 6. The molecule has 2 aromatic carbocycles. The number of benzene rings is 2. The summed E-state index contributed by atoms with van der Waals surface area (Å²) in [7, 11) is 0. The van der Waals surface area contributed by atoms with Crippen molar-refractivity contribution in [1.29, 1.82) is 0 Å². The van der Waals surface area contributed by atoms with E-state index in [0.717, 1.165) is 90.5 Å². The third kappa shape index (κ3) is 7.05. The van der Waals surface area contributed by atoms with E-state index in [1.807, 2.05) is 34.1 Å². The summed E-state index contributed by atoms with van der Waals surface area (Å²) in [5, 5.41) is 18.3. The molecule has 0 radical (unpaired) electrons. The van der Waals surface area contributed by atoms with Crippen LogP contribution in [0.15, 0.2) is 47.1 Å². The molecule has 5 heterocycles. The van der Waals surface area contributed by atoms with Gasteiger partial charge in [0, 0.05) is 73.3 Å². The number of rotatable bonds is 7. The Labute approximate surface area is 284 Å². The molecule has 47 heavy (non-hydrogen) atoms. The van der Waals surface area contributed by atoms with E-state index in [9.17, 15) is 14.4 Å². The molecule has 0 bridgehead atoms. The number of para-hydroxylation sites is 1. The average Bonchev–Trinajstić information content (AvgIpc) is 3.51. The van der Waals surface area contributed by atoms with Crippen LogP contribution in [0.5, 0.6) is 0 Å². The Hall–Kier alpha value is -3.48. The van der Waals surface area contributed by atoms with Crippen LogP contribution in [0, 0.1) is 11.8 Å². The minimum absolute atomic E-state index is 0.0199. The SMILES string of the molecule is O=C(CC(Cc1cc(Br)c2[nH]ncc2c1)C(=O)N1CCNCC1C1CCNCC1)N1CCC(N2CCc3ccccc3NC2=O)CC1. The van der Waals surface area contributed by atoms with Crippen LogP contribution in [0.4, 0.5) is 10.5 Å². The normalized spacial score (nSPS) is 22.1. The highest BCUT2D eigenvalue weighted by Crippen LogP contribution is 2.30. The van der Waals surface area contributed by atoms with Crippen LogP contribution < -0.4 is 16.0 Å². The lowest BCUT2D eigenvalue weighted by molar-refractivity contribution is -0.145. The van der Waals surface area contributed by atoms with Gasteiger partial charge in [-0.3, -0.25) is 14.7 Å². The molecule has 0 spiro atoms.